The van der Waals surface area contributed by atoms with Crippen LogP contribution < -0.4 is 0 Å². The van der Waals surface area contributed by atoms with Gasteiger partial charge in [0.25, 0.3) is 5.91 Å². The van der Waals surface area contributed by atoms with E-state index in [4.69, 9.17) is 9.26 Å². The molecule has 0 N–H and O–H groups in total. The number of carbonyl (C=O) groups excluding carboxylic acids is 2. The maximum absolute atomic E-state index is 14.3. The van der Waals surface area contributed by atoms with Gasteiger partial charge in [-0.15, -0.1) is 0 Å². The van der Waals surface area contributed by atoms with E-state index >= 15 is 0 Å². The van der Waals surface area contributed by atoms with Gasteiger partial charge >= 0.3 is 5.97 Å². The third-order valence-electron chi connectivity index (χ3n) is 5.84. The minimum Gasteiger partial charge on any atom is -0.466 e. The zero-order valence-electron chi connectivity index (χ0n) is 16.8. The van der Waals surface area contributed by atoms with Gasteiger partial charge in [-0.2, -0.15) is 0 Å². The van der Waals surface area contributed by atoms with E-state index in [1.54, 1.807) is 17.9 Å². The molecule has 8 heteroatoms. The Balaban J connectivity index is 1.58. The molecule has 1 aliphatic heterocycles. The molecular formula is C22H24F2N2O4. The molecule has 0 radical (unpaired) electrons. The van der Waals surface area contributed by atoms with Gasteiger partial charge in [0.15, 0.2) is 5.69 Å². The molecule has 0 spiro atoms. The number of ether oxygens (including phenoxy) is 1. The number of aromatic nitrogens is 1. The molecule has 1 aliphatic carbocycles. The van der Waals surface area contributed by atoms with Gasteiger partial charge in [0, 0.05) is 31.1 Å². The molecule has 1 saturated heterocycles. The Morgan fingerprint density at radius 2 is 2.10 bits per heavy atom. The Kier molecular flexibility index (Phi) is 5.58. The van der Waals surface area contributed by atoms with Gasteiger partial charge in [0.1, 0.15) is 17.4 Å². The van der Waals surface area contributed by atoms with Crippen molar-refractivity contribution in [1.82, 2.24) is 10.1 Å². The van der Waals surface area contributed by atoms with Gasteiger partial charge in [-0.1, -0.05) is 11.2 Å². The maximum atomic E-state index is 14.3. The van der Waals surface area contributed by atoms with Crippen LogP contribution in [0.1, 0.15) is 60.3 Å². The fraction of sp³-hybridized carbons (Fsp3) is 0.500. The predicted octanol–water partition coefficient (Wildman–Crippen LogP) is 3.86. The maximum Gasteiger partial charge on any atom is 0.314 e. The zero-order valence-corrected chi connectivity index (χ0v) is 16.8. The smallest absolute Gasteiger partial charge is 0.314 e. The summed E-state index contributed by atoms with van der Waals surface area (Å²) in [4.78, 5) is 27.5. The first-order chi connectivity index (χ1) is 14.4. The summed E-state index contributed by atoms with van der Waals surface area (Å²) in [6.45, 7) is 2.41. The van der Waals surface area contributed by atoms with E-state index in [0.717, 1.165) is 25.0 Å². The summed E-state index contributed by atoms with van der Waals surface area (Å²) in [5.41, 5.74) is -0.674. The Morgan fingerprint density at radius 3 is 2.80 bits per heavy atom. The van der Waals surface area contributed by atoms with E-state index in [-0.39, 0.29) is 36.7 Å². The van der Waals surface area contributed by atoms with Crippen LogP contribution in [-0.4, -0.2) is 41.6 Å². The van der Waals surface area contributed by atoms with Crippen molar-refractivity contribution in [2.45, 2.75) is 44.9 Å². The normalized spacial score (nSPS) is 21.5. The van der Waals surface area contributed by atoms with E-state index in [1.807, 2.05) is 0 Å². The topological polar surface area (TPSA) is 72.6 Å². The van der Waals surface area contributed by atoms with E-state index < -0.39 is 23.0 Å². The molecule has 2 heterocycles. The SMILES string of the molecule is CCOC(=O)[C@@]1(Cc2ccc(F)cc2F)CCCN(C(=O)c2cc(C3CC3)on2)C1. The molecular weight excluding hydrogens is 394 g/mol. The van der Waals surface area contributed by atoms with Gasteiger partial charge in [0.2, 0.25) is 0 Å². The summed E-state index contributed by atoms with van der Waals surface area (Å²) < 4.78 is 38.2. The molecule has 2 fully saturated rings. The number of hydrogen-bond acceptors (Lipinski definition) is 5. The molecule has 0 bridgehead atoms. The van der Waals surface area contributed by atoms with Crippen LogP contribution in [0.3, 0.4) is 0 Å². The minimum absolute atomic E-state index is 0.0217. The molecule has 1 saturated carbocycles. The Morgan fingerprint density at radius 1 is 1.30 bits per heavy atom. The number of rotatable bonds is 6. The first kappa shape index (κ1) is 20.5. The second-order valence-electron chi connectivity index (χ2n) is 8.13. The third-order valence-corrected chi connectivity index (χ3v) is 5.84. The number of piperidine rings is 1. The number of nitrogens with zero attached hydrogens (tertiary/aromatic N) is 2. The summed E-state index contributed by atoms with van der Waals surface area (Å²) in [5, 5.41) is 3.91. The van der Waals surface area contributed by atoms with Gasteiger partial charge in [-0.3, -0.25) is 9.59 Å². The quantitative estimate of drug-likeness (QED) is 0.666. The fourth-order valence-electron chi connectivity index (χ4n) is 4.11. The fourth-order valence-corrected chi connectivity index (χ4v) is 4.11. The van der Waals surface area contributed by atoms with E-state index in [1.165, 1.54) is 6.07 Å². The van der Waals surface area contributed by atoms with Crippen LogP contribution in [0, 0.1) is 17.0 Å². The molecule has 1 aromatic heterocycles. The van der Waals surface area contributed by atoms with E-state index in [2.05, 4.69) is 5.16 Å². The van der Waals surface area contributed by atoms with Crippen LogP contribution in [0.15, 0.2) is 28.8 Å². The lowest BCUT2D eigenvalue weighted by molar-refractivity contribution is -0.158. The molecule has 2 aliphatic rings. The van der Waals surface area contributed by atoms with Crippen LogP contribution >= 0.6 is 0 Å². The van der Waals surface area contributed by atoms with Crippen molar-refractivity contribution in [1.29, 1.82) is 0 Å². The summed E-state index contributed by atoms with van der Waals surface area (Å²) >= 11 is 0. The summed E-state index contributed by atoms with van der Waals surface area (Å²) in [6.07, 6.45) is 3.08. The molecule has 2 aromatic rings. The van der Waals surface area contributed by atoms with Crippen LogP contribution in [0.25, 0.3) is 0 Å². The predicted molar refractivity (Wildman–Crippen MR) is 103 cm³/mol. The number of likely N-dealkylation sites (tertiary alicyclic amines) is 1. The average Bonchev–Trinajstić information content (AvgIpc) is 3.47. The van der Waals surface area contributed by atoms with Gasteiger partial charge in [-0.25, -0.2) is 8.78 Å². The highest BCUT2D eigenvalue weighted by atomic mass is 19.1. The largest absolute Gasteiger partial charge is 0.466 e. The molecule has 4 rings (SSSR count). The number of benzene rings is 1. The first-order valence-electron chi connectivity index (χ1n) is 10.3. The van der Waals surface area contributed by atoms with E-state index in [0.29, 0.717) is 31.1 Å². The number of carbonyl (C=O) groups is 2. The number of hydrogen-bond donors (Lipinski definition) is 0. The minimum atomic E-state index is -1.11. The van der Waals surface area contributed by atoms with E-state index in [9.17, 15) is 18.4 Å². The lowest BCUT2D eigenvalue weighted by atomic mass is 9.74. The highest BCUT2D eigenvalue weighted by molar-refractivity contribution is 5.93. The molecule has 1 atom stereocenters. The second-order valence-corrected chi connectivity index (χ2v) is 8.13. The highest BCUT2D eigenvalue weighted by Gasteiger charge is 2.46. The van der Waals surface area contributed by atoms with Crippen molar-refractivity contribution in [3.63, 3.8) is 0 Å². The molecule has 6 nitrogen and oxygen atoms in total. The van der Waals surface area contributed by atoms with Crippen molar-refractivity contribution in [3.05, 3.63) is 52.9 Å². The lowest BCUT2D eigenvalue weighted by Gasteiger charge is -2.40. The summed E-state index contributed by atoms with van der Waals surface area (Å²) in [7, 11) is 0. The number of amides is 1. The van der Waals surface area contributed by atoms with Crippen molar-refractivity contribution in [2.24, 2.45) is 5.41 Å². The molecule has 160 valence electrons. The first-order valence-corrected chi connectivity index (χ1v) is 10.3. The van der Waals surface area contributed by atoms with Crippen molar-refractivity contribution >= 4 is 11.9 Å². The number of esters is 1. The molecule has 1 aromatic carbocycles. The monoisotopic (exact) mass is 418 g/mol. The van der Waals surface area contributed by atoms with Crippen LogP contribution in [0.4, 0.5) is 8.78 Å². The Labute approximate surface area is 173 Å². The zero-order chi connectivity index (χ0) is 21.3. The molecule has 1 amide bonds. The second kappa shape index (κ2) is 8.16. The van der Waals surface area contributed by atoms with Crippen molar-refractivity contribution in [2.75, 3.05) is 19.7 Å². The standard InChI is InChI=1S/C22H24F2N2O4/c1-2-29-21(28)22(12-15-6-7-16(23)10-17(15)24)8-3-9-26(13-22)20(27)18-11-19(30-25-18)14-4-5-14/h6-7,10-11,14H,2-5,8-9,12-13H2,1H3/t22-/m1/s1. The molecule has 30 heavy (non-hydrogen) atoms. The van der Waals surface area contributed by atoms with Gasteiger partial charge in [-0.05, 0) is 50.7 Å². The van der Waals surface area contributed by atoms with Crippen LogP contribution in [0.5, 0.6) is 0 Å². The Hall–Kier alpha value is -2.77. The number of halogens is 2. The Bertz CT molecular complexity index is 956. The summed E-state index contributed by atoms with van der Waals surface area (Å²) in [5.74, 6) is -1.16. The third kappa shape index (κ3) is 4.08. The van der Waals surface area contributed by atoms with Crippen molar-refractivity contribution in [3.8, 4) is 0 Å². The van der Waals surface area contributed by atoms with Gasteiger partial charge < -0.3 is 14.2 Å². The average molecular weight is 418 g/mol. The van der Waals surface area contributed by atoms with Crippen LogP contribution in [0.2, 0.25) is 0 Å². The van der Waals surface area contributed by atoms with Crippen LogP contribution in [-0.2, 0) is 16.0 Å². The van der Waals surface area contributed by atoms with Gasteiger partial charge in [0.05, 0.1) is 12.0 Å². The highest BCUT2D eigenvalue weighted by Crippen LogP contribution is 2.41. The lowest BCUT2D eigenvalue weighted by Crippen LogP contribution is -2.51. The summed E-state index contributed by atoms with van der Waals surface area (Å²) in [6, 6.07) is 4.97. The molecule has 0 unspecified atom stereocenters. The van der Waals surface area contributed by atoms with Crippen molar-refractivity contribution < 1.29 is 27.6 Å².